The minimum atomic E-state index is -0.146. The third kappa shape index (κ3) is 5.86. The molecule has 0 fully saturated rings. The first-order valence-corrected chi connectivity index (χ1v) is 5.48. The quantitative estimate of drug-likeness (QED) is 0.722. The number of benzene rings is 1. The number of nitrogens with two attached hydrogens (primary N) is 1. The summed E-state index contributed by atoms with van der Waals surface area (Å²) < 4.78 is 10.3. The predicted molar refractivity (Wildman–Crippen MR) is 72.4 cm³/mol. The SMILES string of the molecule is COCCOc1cccc(C(=O)NCCN)c1.Cl. The van der Waals surface area contributed by atoms with Gasteiger partial charge in [-0.05, 0) is 18.2 Å². The van der Waals surface area contributed by atoms with Crippen LogP contribution >= 0.6 is 12.4 Å². The molecule has 5 nitrogen and oxygen atoms in total. The van der Waals surface area contributed by atoms with Crippen LogP contribution in [0.15, 0.2) is 24.3 Å². The highest BCUT2D eigenvalue weighted by Crippen LogP contribution is 2.13. The molecule has 1 aromatic carbocycles. The fraction of sp³-hybridized carbons (Fsp3) is 0.417. The zero-order chi connectivity index (χ0) is 12.5. The summed E-state index contributed by atoms with van der Waals surface area (Å²) in [4.78, 5) is 11.6. The molecule has 1 amide bonds. The van der Waals surface area contributed by atoms with Crippen LogP contribution in [0.4, 0.5) is 0 Å². The summed E-state index contributed by atoms with van der Waals surface area (Å²) in [6.45, 7) is 1.87. The Morgan fingerprint density at radius 2 is 2.17 bits per heavy atom. The number of amides is 1. The van der Waals surface area contributed by atoms with Gasteiger partial charge in [-0.1, -0.05) is 6.07 Å². The number of hydrogen-bond donors (Lipinski definition) is 2. The van der Waals surface area contributed by atoms with Gasteiger partial charge in [0.1, 0.15) is 12.4 Å². The minimum Gasteiger partial charge on any atom is -0.491 e. The molecular formula is C12H19ClN2O3. The van der Waals surface area contributed by atoms with E-state index in [2.05, 4.69) is 5.32 Å². The van der Waals surface area contributed by atoms with Gasteiger partial charge >= 0.3 is 0 Å². The Labute approximate surface area is 113 Å². The van der Waals surface area contributed by atoms with Gasteiger partial charge in [0, 0.05) is 25.8 Å². The Morgan fingerprint density at radius 1 is 1.39 bits per heavy atom. The first kappa shape index (κ1) is 16.7. The van der Waals surface area contributed by atoms with Crippen molar-refractivity contribution in [3.63, 3.8) is 0 Å². The maximum Gasteiger partial charge on any atom is 0.251 e. The van der Waals surface area contributed by atoms with E-state index in [1.165, 1.54) is 0 Å². The van der Waals surface area contributed by atoms with Crippen LogP contribution in [0.2, 0.25) is 0 Å². The van der Waals surface area contributed by atoms with E-state index in [-0.39, 0.29) is 18.3 Å². The smallest absolute Gasteiger partial charge is 0.251 e. The Hall–Kier alpha value is -1.30. The van der Waals surface area contributed by atoms with E-state index in [1.54, 1.807) is 31.4 Å². The molecule has 102 valence electrons. The lowest BCUT2D eigenvalue weighted by Crippen LogP contribution is -2.28. The molecule has 18 heavy (non-hydrogen) atoms. The van der Waals surface area contributed by atoms with E-state index in [4.69, 9.17) is 15.2 Å². The molecule has 0 spiro atoms. The Kier molecular flexibility index (Phi) is 9.00. The lowest BCUT2D eigenvalue weighted by atomic mass is 10.2. The Morgan fingerprint density at radius 3 is 2.83 bits per heavy atom. The summed E-state index contributed by atoms with van der Waals surface area (Å²) in [7, 11) is 1.61. The van der Waals surface area contributed by atoms with E-state index >= 15 is 0 Å². The molecular weight excluding hydrogens is 256 g/mol. The van der Waals surface area contributed by atoms with E-state index in [0.717, 1.165) is 0 Å². The van der Waals surface area contributed by atoms with Gasteiger partial charge in [-0.15, -0.1) is 12.4 Å². The van der Waals surface area contributed by atoms with Gasteiger partial charge in [0.05, 0.1) is 6.61 Å². The number of carbonyl (C=O) groups excluding carboxylic acids is 1. The van der Waals surface area contributed by atoms with Crippen molar-refractivity contribution < 1.29 is 14.3 Å². The topological polar surface area (TPSA) is 73.6 Å². The standard InChI is InChI=1S/C12H18N2O3.ClH/c1-16-7-8-17-11-4-2-3-10(9-11)12(15)14-6-5-13;/h2-4,9H,5-8,13H2,1H3,(H,14,15);1H. The van der Waals surface area contributed by atoms with Crippen molar-refractivity contribution in [3.8, 4) is 5.75 Å². The molecule has 1 aromatic rings. The monoisotopic (exact) mass is 274 g/mol. The second kappa shape index (κ2) is 9.70. The summed E-state index contributed by atoms with van der Waals surface area (Å²) in [5.74, 6) is 0.509. The fourth-order valence-electron chi connectivity index (χ4n) is 1.26. The first-order chi connectivity index (χ1) is 8.27. The number of carbonyl (C=O) groups is 1. The zero-order valence-electron chi connectivity index (χ0n) is 10.3. The molecule has 0 unspecified atom stereocenters. The molecule has 0 bridgehead atoms. The van der Waals surface area contributed by atoms with Gasteiger partial charge in [-0.3, -0.25) is 4.79 Å². The number of rotatable bonds is 7. The highest BCUT2D eigenvalue weighted by atomic mass is 35.5. The summed E-state index contributed by atoms with van der Waals surface area (Å²) in [5, 5.41) is 2.70. The van der Waals surface area contributed by atoms with Crippen LogP contribution in [-0.2, 0) is 4.74 Å². The Balaban J connectivity index is 0.00000289. The van der Waals surface area contributed by atoms with Crippen LogP contribution in [0.1, 0.15) is 10.4 Å². The van der Waals surface area contributed by atoms with Crippen molar-refractivity contribution in [1.29, 1.82) is 0 Å². The molecule has 0 heterocycles. The molecule has 6 heteroatoms. The van der Waals surface area contributed by atoms with Gasteiger partial charge in [-0.2, -0.15) is 0 Å². The number of ether oxygens (including phenoxy) is 2. The molecule has 0 aliphatic carbocycles. The Bertz CT molecular complexity index is 361. The summed E-state index contributed by atoms with van der Waals surface area (Å²) in [5.41, 5.74) is 5.88. The maximum atomic E-state index is 11.6. The van der Waals surface area contributed by atoms with Crippen molar-refractivity contribution in [1.82, 2.24) is 5.32 Å². The van der Waals surface area contributed by atoms with Crippen LogP contribution in [0.3, 0.4) is 0 Å². The highest BCUT2D eigenvalue weighted by Gasteiger charge is 2.05. The first-order valence-electron chi connectivity index (χ1n) is 5.48. The van der Waals surface area contributed by atoms with Gasteiger partial charge in [0.25, 0.3) is 5.91 Å². The van der Waals surface area contributed by atoms with Crippen LogP contribution < -0.4 is 15.8 Å². The molecule has 3 N–H and O–H groups in total. The van der Waals surface area contributed by atoms with Crippen molar-refractivity contribution in [3.05, 3.63) is 29.8 Å². The van der Waals surface area contributed by atoms with E-state index in [0.29, 0.717) is 37.6 Å². The van der Waals surface area contributed by atoms with Crippen LogP contribution in [0.5, 0.6) is 5.75 Å². The normalized spacial score (nSPS) is 9.44. The second-order valence-corrected chi connectivity index (χ2v) is 3.41. The number of nitrogens with one attached hydrogen (secondary N) is 1. The summed E-state index contributed by atoms with van der Waals surface area (Å²) >= 11 is 0. The molecule has 0 aromatic heterocycles. The van der Waals surface area contributed by atoms with Crippen LogP contribution in [0, 0.1) is 0 Å². The van der Waals surface area contributed by atoms with Crippen molar-refractivity contribution in [2.75, 3.05) is 33.4 Å². The molecule has 0 radical (unpaired) electrons. The summed E-state index contributed by atoms with van der Waals surface area (Å²) in [6.07, 6.45) is 0. The molecule has 0 saturated heterocycles. The zero-order valence-corrected chi connectivity index (χ0v) is 11.2. The summed E-state index contributed by atoms with van der Waals surface area (Å²) in [6, 6.07) is 7.01. The maximum absolute atomic E-state index is 11.6. The molecule has 1 rings (SSSR count). The number of hydrogen-bond acceptors (Lipinski definition) is 4. The molecule has 0 aliphatic rings. The van der Waals surface area contributed by atoms with Gasteiger partial charge in [0.2, 0.25) is 0 Å². The van der Waals surface area contributed by atoms with Crippen LogP contribution in [-0.4, -0.2) is 39.3 Å². The van der Waals surface area contributed by atoms with Gasteiger partial charge in [0.15, 0.2) is 0 Å². The van der Waals surface area contributed by atoms with Gasteiger partial charge in [-0.25, -0.2) is 0 Å². The average Bonchev–Trinajstić information content (AvgIpc) is 2.36. The van der Waals surface area contributed by atoms with Crippen LogP contribution in [0.25, 0.3) is 0 Å². The van der Waals surface area contributed by atoms with E-state index in [1.807, 2.05) is 0 Å². The number of halogens is 1. The van der Waals surface area contributed by atoms with E-state index in [9.17, 15) is 4.79 Å². The van der Waals surface area contributed by atoms with Crippen molar-refractivity contribution >= 4 is 18.3 Å². The van der Waals surface area contributed by atoms with E-state index < -0.39 is 0 Å². The van der Waals surface area contributed by atoms with Gasteiger partial charge < -0.3 is 20.5 Å². The highest BCUT2D eigenvalue weighted by molar-refractivity contribution is 5.94. The minimum absolute atomic E-state index is 0. The van der Waals surface area contributed by atoms with Crippen molar-refractivity contribution in [2.24, 2.45) is 5.73 Å². The molecule has 0 saturated carbocycles. The number of methoxy groups -OCH3 is 1. The van der Waals surface area contributed by atoms with Crippen molar-refractivity contribution in [2.45, 2.75) is 0 Å². The average molecular weight is 275 g/mol. The third-order valence-corrected chi connectivity index (χ3v) is 2.08. The fourth-order valence-corrected chi connectivity index (χ4v) is 1.26. The second-order valence-electron chi connectivity index (χ2n) is 3.41. The predicted octanol–water partition coefficient (Wildman–Crippen LogP) is 0.822. The third-order valence-electron chi connectivity index (χ3n) is 2.08. The lowest BCUT2D eigenvalue weighted by Gasteiger charge is -2.07. The molecule has 0 atom stereocenters. The largest absolute Gasteiger partial charge is 0.491 e. The molecule has 0 aliphatic heterocycles. The lowest BCUT2D eigenvalue weighted by molar-refractivity contribution is 0.0954.